The summed E-state index contributed by atoms with van der Waals surface area (Å²) >= 11 is 0. The molecule has 1 saturated heterocycles. The number of fused-ring (bicyclic) bond motifs is 1. The number of anilines is 2. The molecule has 1 fully saturated rings. The van der Waals surface area contributed by atoms with Gasteiger partial charge in [0.15, 0.2) is 0 Å². The lowest BCUT2D eigenvalue weighted by molar-refractivity contribution is 0.249. The van der Waals surface area contributed by atoms with Crippen molar-refractivity contribution in [1.29, 1.82) is 0 Å². The van der Waals surface area contributed by atoms with E-state index >= 15 is 0 Å². The molecule has 1 aromatic carbocycles. The Balaban J connectivity index is 1.93. The predicted octanol–water partition coefficient (Wildman–Crippen LogP) is 2.20. The van der Waals surface area contributed by atoms with Crippen molar-refractivity contribution in [3.8, 4) is 0 Å². The van der Waals surface area contributed by atoms with Gasteiger partial charge in [-0.1, -0.05) is 12.1 Å². The molecule has 1 aliphatic heterocycles. The van der Waals surface area contributed by atoms with Crippen LogP contribution in [0, 0.1) is 0 Å². The number of aromatic nitrogens is 2. The van der Waals surface area contributed by atoms with Gasteiger partial charge in [0.05, 0.1) is 5.52 Å². The van der Waals surface area contributed by atoms with Gasteiger partial charge in [-0.15, -0.1) is 0 Å². The SMILES string of the molecule is CNc1nc(N2CCC(N(C)C)CC2)c2ccccc2n1. The number of nitrogens with zero attached hydrogens (tertiary/aromatic N) is 4. The van der Waals surface area contributed by atoms with Crippen LogP contribution in [-0.4, -0.2) is 55.1 Å². The highest BCUT2D eigenvalue weighted by molar-refractivity contribution is 5.90. The van der Waals surface area contributed by atoms with Gasteiger partial charge in [-0.3, -0.25) is 0 Å². The fourth-order valence-corrected chi connectivity index (χ4v) is 3.01. The van der Waals surface area contributed by atoms with Gasteiger partial charge in [0, 0.05) is 31.6 Å². The van der Waals surface area contributed by atoms with Crippen molar-refractivity contribution in [1.82, 2.24) is 14.9 Å². The van der Waals surface area contributed by atoms with Crippen LogP contribution in [0.4, 0.5) is 11.8 Å². The third kappa shape index (κ3) is 2.78. The number of para-hydroxylation sites is 1. The number of hydrogen-bond acceptors (Lipinski definition) is 5. The predicted molar refractivity (Wildman–Crippen MR) is 88.0 cm³/mol. The second-order valence-electron chi connectivity index (χ2n) is 5.82. The number of piperidine rings is 1. The molecule has 0 bridgehead atoms. The maximum atomic E-state index is 4.70. The van der Waals surface area contributed by atoms with E-state index in [-0.39, 0.29) is 0 Å². The van der Waals surface area contributed by atoms with Gasteiger partial charge in [0.1, 0.15) is 5.82 Å². The summed E-state index contributed by atoms with van der Waals surface area (Å²) in [7, 11) is 6.20. The Morgan fingerprint density at radius 1 is 1.14 bits per heavy atom. The fourth-order valence-electron chi connectivity index (χ4n) is 3.01. The van der Waals surface area contributed by atoms with Crippen LogP contribution >= 0.6 is 0 Å². The normalized spacial score (nSPS) is 16.7. The zero-order chi connectivity index (χ0) is 14.8. The standard InChI is InChI=1S/C16H23N5/c1-17-16-18-14-7-5-4-6-13(14)15(19-16)21-10-8-12(9-11-21)20(2)3/h4-7,12H,8-11H2,1-3H3,(H,17,18,19). The van der Waals surface area contributed by atoms with Crippen LogP contribution < -0.4 is 10.2 Å². The van der Waals surface area contributed by atoms with E-state index in [2.05, 4.69) is 46.3 Å². The van der Waals surface area contributed by atoms with E-state index in [4.69, 9.17) is 4.98 Å². The van der Waals surface area contributed by atoms with E-state index in [1.807, 2.05) is 19.2 Å². The molecule has 21 heavy (non-hydrogen) atoms. The largest absolute Gasteiger partial charge is 0.357 e. The van der Waals surface area contributed by atoms with Crippen molar-refractivity contribution in [3.63, 3.8) is 0 Å². The molecule has 0 radical (unpaired) electrons. The van der Waals surface area contributed by atoms with Crippen molar-refractivity contribution < 1.29 is 0 Å². The molecule has 0 amide bonds. The molecule has 5 heteroatoms. The lowest BCUT2D eigenvalue weighted by atomic mass is 10.0. The van der Waals surface area contributed by atoms with Crippen LogP contribution in [0.3, 0.4) is 0 Å². The Hall–Kier alpha value is -1.88. The van der Waals surface area contributed by atoms with Crippen molar-refractivity contribution in [2.45, 2.75) is 18.9 Å². The lowest BCUT2D eigenvalue weighted by Gasteiger charge is -2.36. The first kappa shape index (κ1) is 14.1. The highest BCUT2D eigenvalue weighted by atomic mass is 15.2. The van der Waals surface area contributed by atoms with Crippen LogP contribution in [0.25, 0.3) is 10.9 Å². The molecule has 0 atom stereocenters. The van der Waals surface area contributed by atoms with Crippen LogP contribution in [0.2, 0.25) is 0 Å². The maximum absolute atomic E-state index is 4.70. The molecule has 0 unspecified atom stereocenters. The van der Waals surface area contributed by atoms with E-state index in [0.29, 0.717) is 12.0 Å². The average molecular weight is 285 g/mol. The van der Waals surface area contributed by atoms with E-state index in [0.717, 1.165) is 29.8 Å². The second-order valence-corrected chi connectivity index (χ2v) is 5.82. The minimum atomic E-state index is 0.679. The zero-order valence-corrected chi connectivity index (χ0v) is 13.0. The Morgan fingerprint density at radius 3 is 2.52 bits per heavy atom. The molecule has 112 valence electrons. The molecule has 0 aliphatic carbocycles. The third-order valence-electron chi connectivity index (χ3n) is 4.30. The second kappa shape index (κ2) is 5.85. The van der Waals surface area contributed by atoms with E-state index < -0.39 is 0 Å². The summed E-state index contributed by atoms with van der Waals surface area (Å²) in [6, 6.07) is 8.92. The summed E-state index contributed by atoms with van der Waals surface area (Å²) < 4.78 is 0. The van der Waals surface area contributed by atoms with Gasteiger partial charge in [-0.25, -0.2) is 4.98 Å². The summed E-state index contributed by atoms with van der Waals surface area (Å²) in [5.41, 5.74) is 1.00. The number of nitrogens with one attached hydrogen (secondary N) is 1. The van der Waals surface area contributed by atoms with Crippen LogP contribution in [0.5, 0.6) is 0 Å². The van der Waals surface area contributed by atoms with Gasteiger partial charge in [0.25, 0.3) is 0 Å². The summed E-state index contributed by atoms with van der Waals surface area (Å²) in [6.07, 6.45) is 2.36. The summed E-state index contributed by atoms with van der Waals surface area (Å²) in [5.74, 6) is 1.75. The quantitative estimate of drug-likeness (QED) is 0.936. The van der Waals surface area contributed by atoms with Gasteiger partial charge >= 0.3 is 0 Å². The van der Waals surface area contributed by atoms with Gasteiger partial charge in [-0.05, 0) is 39.1 Å². The first-order valence-corrected chi connectivity index (χ1v) is 7.55. The number of benzene rings is 1. The smallest absolute Gasteiger partial charge is 0.224 e. The number of rotatable bonds is 3. The minimum Gasteiger partial charge on any atom is -0.357 e. The molecule has 2 aromatic rings. The van der Waals surface area contributed by atoms with Crippen molar-refractivity contribution in [2.24, 2.45) is 0 Å². The lowest BCUT2D eigenvalue weighted by Crippen LogP contribution is -2.42. The van der Waals surface area contributed by atoms with Crippen molar-refractivity contribution in [2.75, 3.05) is 44.4 Å². The highest BCUT2D eigenvalue weighted by Gasteiger charge is 2.23. The van der Waals surface area contributed by atoms with Crippen LogP contribution in [-0.2, 0) is 0 Å². The van der Waals surface area contributed by atoms with E-state index in [9.17, 15) is 0 Å². The fraction of sp³-hybridized carbons (Fsp3) is 0.500. The van der Waals surface area contributed by atoms with Crippen molar-refractivity contribution in [3.05, 3.63) is 24.3 Å². The van der Waals surface area contributed by atoms with Gasteiger partial charge in [-0.2, -0.15) is 4.98 Å². The molecular formula is C16H23N5. The highest BCUT2D eigenvalue weighted by Crippen LogP contribution is 2.28. The Bertz CT molecular complexity index is 617. The van der Waals surface area contributed by atoms with Crippen LogP contribution in [0.15, 0.2) is 24.3 Å². The van der Waals surface area contributed by atoms with Gasteiger partial charge < -0.3 is 15.1 Å². The Morgan fingerprint density at radius 2 is 1.86 bits per heavy atom. The Kier molecular flexibility index (Phi) is 3.92. The summed E-state index contributed by atoms with van der Waals surface area (Å²) in [6.45, 7) is 2.10. The third-order valence-corrected chi connectivity index (χ3v) is 4.30. The molecule has 1 aliphatic rings. The van der Waals surface area contributed by atoms with E-state index in [1.165, 1.54) is 12.8 Å². The first-order chi connectivity index (χ1) is 10.2. The van der Waals surface area contributed by atoms with E-state index in [1.54, 1.807) is 0 Å². The molecule has 2 heterocycles. The molecule has 1 aromatic heterocycles. The van der Waals surface area contributed by atoms with Gasteiger partial charge in [0.2, 0.25) is 5.95 Å². The topological polar surface area (TPSA) is 44.3 Å². The first-order valence-electron chi connectivity index (χ1n) is 7.55. The molecular weight excluding hydrogens is 262 g/mol. The van der Waals surface area contributed by atoms with Crippen molar-refractivity contribution >= 4 is 22.7 Å². The minimum absolute atomic E-state index is 0.679. The summed E-state index contributed by atoms with van der Waals surface area (Å²) in [4.78, 5) is 14.0. The average Bonchev–Trinajstić information content (AvgIpc) is 2.53. The molecule has 3 rings (SSSR count). The Labute approximate surface area is 126 Å². The number of hydrogen-bond donors (Lipinski definition) is 1. The van der Waals surface area contributed by atoms with Crippen LogP contribution in [0.1, 0.15) is 12.8 Å². The molecule has 0 spiro atoms. The maximum Gasteiger partial charge on any atom is 0.224 e. The summed E-state index contributed by atoms with van der Waals surface area (Å²) in [5, 5.41) is 4.21. The molecule has 1 N–H and O–H groups in total. The molecule has 0 saturated carbocycles. The zero-order valence-electron chi connectivity index (χ0n) is 13.0. The molecule has 5 nitrogen and oxygen atoms in total. The monoisotopic (exact) mass is 285 g/mol.